The average Bonchev–Trinajstić information content (AvgIpc) is 2.04. The molecule has 66 valence electrons. The molecule has 0 saturated carbocycles. The van der Waals surface area contributed by atoms with Crippen LogP contribution in [-0.4, -0.2) is 7.85 Å². The van der Waals surface area contributed by atoms with Crippen LogP contribution in [-0.2, 0) is 11.7 Å². The highest BCUT2D eigenvalue weighted by atomic mass is 14.1. The van der Waals surface area contributed by atoms with E-state index in [0.29, 0.717) is 0 Å². The van der Waals surface area contributed by atoms with Crippen LogP contribution in [0.2, 0.25) is 0 Å². The van der Waals surface area contributed by atoms with Gasteiger partial charge in [0.15, 0.2) is 0 Å². The maximum Gasteiger partial charge on any atom is 0.0802 e. The van der Waals surface area contributed by atoms with Gasteiger partial charge in [-0.2, -0.15) is 0 Å². The van der Waals surface area contributed by atoms with Gasteiger partial charge >= 0.3 is 0 Å². The second kappa shape index (κ2) is 3.82. The average molecular weight is 170 g/mol. The van der Waals surface area contributed by atoms with Crippen molar-refractivity contribution in [3.05, 3.63) is 48.0 Å². The maximum atomic E-state index is 5.96. The summed E-state index contributed by atoms with van der Waals surface area (Å²) in [7, 11) is 5.96. The molecule has 0 amide bonds. The Morgan fingerprint density at radius 1 is 1.31 bits per heavy atom. The Kier molecular flexibility index (Phi) is 2.97. The van der Waals surface area contributed by atoms with E-state index >= 15 is 0 Å². The highest BCUT2D eigenvalue weighted by Crippen LogP contribution is 2.19. The fourth-order valence-corrected chi connectivity index (χ4v) is 1.24. The van der Waals surface area contributed by atoms with Gasteiger partial charge in [-0.05, 0) is 17.3 Å². The lowest BCUT2D eigenvalue weighted by Crippen LogP contribution is -2.16. The molecule has 0 spiro atoms. The topological polar surface area (TPSA) is 0 Å². The molecule has 0 heterocycles. The Hall–Kier alpha value is -0.975. The van der Waals surface area contributed by atoms with Crippen molar-refractivity contribution in [3.63, 3.8) is 0 Å². The minimum absolute atomic E-state index is 0.243. The van der Waals surface area contributed by atoms with Crippen molar-refractivity contribution in [2.45, 2.75) is 25.6 Å². The Labute approximate surface area is 82.1 Å². The van der Waals surface area contributed by atoms with Gasteiger partial charge < -0.3 is 0 Å². The molecule has 1 aromatic rings. The lowest BCUT2D eigenvalue weighted by Gasteiger charge is -2.19. The molecule has 0 fully saturated rings. The molecule has 0 N–H and O–H groups in total. The smallest absolute Gasteiger partial charge is 0.0802 e. The lowest BCUT2D eigenvalue weighted by molar-refractivity contribution is 0.763. The summed E-state index contributed by atoms with van der Waals surface area (Å²) in [6.45, 7) is 7.72. The molecule has 2 radical (unpaired) electrons. The summed E-state index contributed by atoms with van der Waals surface area (Å²) in [4.78, 5) is 0. The van der Waals surface area contributed by atoms with Crippen molar-refractivity contribution in [2.24, 2.45) is 0 Å². The van der Waals surface area contributed by atoms with Gasteiger partial charge in [-0.3, -0.25) is 0 Å². The predicted molar refractivity (Wildman–Crippen MR) is 59.1 cm³/mol. The lowest BCUT2D eigenvalue weighted by atomic mass is 9.67. The fourth-order valence-electron chi connectivity index (χ4n) is 1.24. The first kappa shape index (κ1) is 10.1. The second-order valence-electron chi connectivity index (χ2n) is 3.91. The van der Waals surface area contributed by atoms with Gasteiger partial charge in [-0.25, -0.2) is 0 Å². The van der Waals surface area contributed by atoms with Crippen LogP contribution in [0.3, 0.4) is 0 Å². The highest BCUT2D eigenvalue weighted by molar-refractivity contribution is 6.15. The molecule has 1 heteroatoms. The minimum atomic E-state index is -0.243. The normalized spacial score (nSPS) is 11.2. The first-order chi connectivity index (χ1) is 6.04. The van der Waals surface area contributed by atoms with Crippen LogP contribution >= 0.6 is 0 Å². The molecular weight excluding hydrogens is 155 g/mol. The Balaban J connectivity index is 2.87. The van der Waals surface area contributed by atoms with E-state index in [0.717, 1.165) is 6.42 Å². The Morgan fingerprint density at radius 2 is 1.85 bits per heavy atom. The zero-order valence-corrected chi connectivity index (χ0v) is 8.38. The van der Waals surface area contributed by atoms with Crippen molar-refractivity contribution in [2.75, 3.05) is 0 Å². The van der Waals surface area contributed by atoms with E-state index in [-0.39, 0.29) is 5.31 Å². The first-order valence-electron chi connectivity index (χ1n) is 4.53. The van der Waals surface area contributed by atoms with Crippen LogP contribution in [0.1, 0.15) is 25.0 Å². The maximum absolute atomic E-state index is 5.96. The van der Waals surface area contributed by atoms with Crippen molar-refractivity contribution in [1.82, 2.24) is 0 Å². The second-order valence-corrected chi connectivity index (χ2v) is 3.91. The molecule has 0 aliphatic heterocycles. The van der Waals surface area contributed by atoms with Gasteiger partial charge in [0, 0.05) is 0 Å². The van der Waals surface area contributed by atoms with Gasteiger partial charge in [0.1, 0.15) is 0 Å². The van der Waals surface area contributed by atoms with Crippen molar-refractivity contribution < 1.29 is 0 Å². The molecule has 0 atom stereocenters. The summed E-state index contributed by atoms with van der Waals surface area (Å²) in [5, 5.41) is -0.243. The number of rotatable bonds is 3. The first-order valence-corrected chi connectivity index (χ1v) is 4.53. The van der Waals surface area contributed by atoms with E-state index in [4.69, 9.17) is 7.85 Å². The van der Waals surface area contributed by atoms with Crippen LogP contribution in [0.15, 0.2) is 36.9 Å². The summed E-state index contributed by atoms with van der Waals surface area (Å²) in [5.41, 5.74) is 2.45. The summed E-state index contributed by atoms with van der Waals surface area (Å²) in [6.07, 6.45) is 2.83. The molecule has 0 aliphatic rings. The van der Waals surface area contributed by atoms with Crippen LogP contribution in [0.25, 0.3) is 0 Å². The molecule has 0 bridgehead atoms. The standard InChI is InChI=1S/C12H15B/c1-4-5-10-6-8-11(9-7-10)12(2,3)13/h4,6-9H,1,5H2,2-3H3. The fraction of sp³-hybridized carbons (Fsp3) is 0.333. The molecule has 13 heavy (non-hydrogen) atoms. The molecule has 0 aliphatic carbocycles. The largest absolute Gasteiger partial charge is 0.103 e. The molecule has 0 saturated heterocycles. The molecular formula is C12H15B. The van der Waals surface area contributed by atoms with Crippen LogP contribution in [0.4, 0.5) is 0 Å². The molecule has 1 aromatic carbocycles. The van der Waals surface area contributed by atoms with Crippen LogP contribution in [0.5, 0.6) is 0 Å². The Bertz CT molecular complexity index is 277. The highest BCUT2D eigenvalue weighted by Gasteiger charge is 2.11. The van der Waals surface area contributed by atoms with Crippen LogP contribution in [0, 0.1) is 0 Å². The molecule has 0 unspecified atom stereocenters. The van der Waals surface area contributed by atoms with Gasteiger partial charge in [0.25, 0.3) is 0 Å². The summed E-state index contributed by atoms with van der Waals surface area (Å²) >= 11 is 0. The van der Waals surface area contributed by atoms with E-state index in [2.05, 4.69) is 30.8 Å². The SMILES string of the molecule is [B]C(C)(C)c1ccc(CC=C)cc1. The molecule has 1 rings (SSSR count). The summed E-state index contributed by atoms with van der Waals surface area (Å²) in [6, 6.07) is 8.37. The number of hydrogen-bond donors (Lipinski definition) is 0. The van der Waals surface area contributed by atoms with Gasteiger partial charge in [-0.1, -0.05) is 49.8 Å². The van der Waals surface area contributed by atoms with E-state index < -0.39 is 0 Å². The van der Waals surface area contributed by atoms with Crippen LogP contribution < -0.4 is 0 Å². The molecule has 0 nitrogen and oxygen atoms in total. The quantitative estimate of drug-likeness (QED) is 0.483. The van der Waals surface area contributed by atoms with E-state index in [1.807, 2.05) is 19.9 Å². The number of hydrogen-bond acceptors (Lipinski definition) is 0. The van der Waals surface area contributed by atoms with Gasteiger partial charge in [0.2, 0.25) is 0 Å². The summed E-state index contributed by atoms with van der Waals surface area (Å²) in [5.74, 6) is 0. The van der Waals surface area contributed by atoms with Gasteiger partial charge in [-0.15, -0.1) is 6.58 Å². The molecule has 0 aromatic heterocycles. The third-order valence-corrected chi connectivity index (χ3v) is 2.08. The van der Waals surface area contributed by atoms with Gasteiger partial charge in [0.05, 0.1) is 7.85 Å². The third-order valence-electron chi connectivity index (χ3n) is 2.08. The van der Waals surface area contributed by atoms with Crippen molar-refractivity contribution in [3.8, 4) is 0 Å². The summed E-state index contributed by atoms with van der Waals surface area (Å²) < 4.78 is 0. The zero-order chi connectivity index (χ0) is 9.90. The number of benzene rings is 1. The minimum Gasteiger partial charge on any atom is -0.103 e. The Morgan fingerprint density at radius 3 is 2.23 bits per heavy atom. The zero-order valence-electron chi connectivity index (χ0n) is 8.38. The van der Waals surface area contributed by atoms with E-state index in [9.17, 15) is 0 Å². The van der Waals surface area contributed by atoms with E-state index in [1.165, 1.54) is 11.1 Å². The predicted octanol–water partition coefficient (Wildman–Crippen LogP) is 2.82. The van der Waals surface area contributed by atoms with Crippen molar-refractivity contribution in [1.29, 1.82) is 0 Å². The monoisotopic (exact) mass is 170 g/mol. The third kappa shape index (κ3) is 2.76. The van der Waals surface area contributed by atoms with E-state index in [1.54, 1.807) is 0 Å². The van der Waals surface area contributed by atoms with Crippen molar-refractivity contribution >= 4 is 7.85 Å². The number of allylic oxidation sites excluding steroid dienone is 1.